The van der Waals surface area contributed by atoms with E-state index in [1.54, 1.807) is 0 Å². The van der Waals surface area contributed by atoms with Gasteiger partial charge in [-0.2, -0.15) is 0 Å². The highest BCUT2D eigenvalue weighted by molar-refractivity contribution is 6.30. The molecule has 1 fully saturated rings. The van der Waals surface area contributed by atoms with Crippen molar-refractivity contribution in [3.05, 3.63) is 34.9 Å². The second kappa shape index (κ2) is 7.16. The number of rotatable bonds is 6. The van der Waals surface area contributed by atoms with E-state index < -0.39 is 0 Å². The second-order valence-electron chi connectivity index (χ2n) is 5.45. The summed E-state index contributed by atoms with van der Waals surface area (Å²) in [5, 5.41) is 4.36. The monoisotopic (exact) mass is 265 g/mol. The summed E-state index contributed by atoms with van der Waals surface area (Å²) in [6.07, 6.45) is 7.00. The van der Waals surface area contributed by atoms with Gasteiger partial charge >= 0.3 is 0 Å². The first-order valence-corrected chi connectivity index (χ1v) is 7.63. The van der Waals surface area contributed by atoms with Gasteiger partial charge in [0.25, 0.3) is 0 Å². The third-order valence-corrected chi connectivity index (χ3v) is 4.29. The smallest absolute Gasteiger partial charge is 0.0408 e. The number of hydrogen-bond acceptors (Lipinski definition) is 1. The van der Waals surface area contributed by atoms with Crippen LogP contribution in [0.5, 0.6) is 0 Å². The molecule has 100 valence electrons. The lowest BCUT2D eigenvalue weighted by Gasteiger charge is -2.21. The van der Waals surface area contributed by atoms with E-state index in [2.05, 4.69) is 30.4 Å². The molecule has 0 saturated heterocycles. The van der Waals surface area contributed by atoms with Crippen LogP contribution in [-0.4, -0.2) is 13.1 Å². The van der Waals surface area contributed by atoms with Crippen LogP contribution in [0.1, 0.15) is 50.5 Å². The fourth-order valence-electron chi connectivity index (χ4n) is 3.06. The van der Waals surface area contributed by atoms with Crippen molar-refractivity contribution in [3.8, 4) is 0 Å². The van der Waals surface area contributed by atoms with Crippen molar-refractivity contribution in [3.63, 3.8) is 0 Å². The summed E-state index contributed by atoms with van der Waals surface area (Å²) in [6.45, 7) is 4.29. The predicted octanol–water partition coefficient (Wildman–Crippen LogP) is 4.61. The molecule has 0 aliphatic heterocycles. The minimum atomic E-state index is 0.617. The summed E-state index contributed by atoms with van der Waals surface area (Å²) in [4.78, 5) is 0. The summed E-state index contributed by atoms with van der Waals surface area (Å²) < 4.78 is 0. The molecular weight excluding hydrogens is 242 g/mol. The first-order chi connectivity index (χ1) is 8.79. The highest BCUT2D eigenvalue weighted by Crippen LogP contribution is 2.34. The van der Waals surface area contributed by atoms with Crippen LogP contribution in [0.3, 0.4) is 0 Å². The Morgan fingerprint density at radius 2 is 2.11 bits per heavy atom. The van der Waals surface area contributed by atoms with Gasteiger partial charge in [0, 0.05) is 11.6 Å². The van der Waals surface area contributed by atoms with E-state index in [0.717, 1.165) is 24.0 Å². The largest absolute Gasteiger partial charge is 0.316 e. The topological polar surface area (TPSA) is 12.0 Å². The summed E-state index contributed by atoms with van der Waals surface area (Å²) in [5.41, 5.74) is 1.40. The SMILES string of the molecule is CCNCC(CC1CCCC1)c1cccc(Cl)c1. The van der Waals surface area contributed by atoms with Gasteiger partial charge in [0.05, 0.1) is 0 Å². The molecule has 1 aliphatic carbocycles. The van der Waals surface area contributed by atoms with E-state index in [1.807, 2.05) is 6.07 Å². The Morgan fingerprint density at radius 3 is 2.78 bits per heavy atom. The van der Waals surface area contributed by atoms with Crippen molar-refractivity contribution < 1.29 is 0 Å². The molecule has 1 nitrogen and oxygen atoms in total. The highest BCUT2D eigenvalue weighted by Gasteiger charge is 2.21. The summed E-state index contributed by atoms with van der Waals surface area (Å²) in [7, 11) is 0. The minimum Gasteiger partial charge on any atom is -0.316 e. The molecule has 18 heavy (non-hydrogen) atoms. The van der Waals surface area contributed by atoms with Crippen LogP contribution < -0.4 is 5.32 Å². The normalized spacial score (nSPS) is 18.1. The van der Waals surface area contributed by atoms with Crippen LogP contribution in [0.4, 0.5) is 0 Å². The number of likely N-dealkylation sites (N-methyl/N-ethyl adjacent to an activating group) is 1. The lowest BCUT2D eigenvalue weighted by Crippen LogP contribution is -2.22. The molecule has 2 rings (SSSR count). The molecule has 1 saturated carbocycles. The van der Waals surface area contributed by atoms with Gasteiger partial charge < -0.3 is 5.32 Å². The molecule has 1 aromatic rings. The predicted molar refractivity (Wildman–Crippen MR) is 79.3 cm³/mol. The zero-order valence-electron chi connectivity index (χ0n) is 11.3. The van der Waals surface area contributed by atoms with E-state index in [0.29, 0.717) is 5.92 Å². The first-order valence-electron chi connectivity index (χ1n) is 7.25. The maximum absolute atomic E-state index is 6.12. The molecule has 0 aromatic heterocycles. The molecule has 1 aromatic carbocycles. The van der Waals surface area contributed by atoms with E-state index in [1.165, 1.54) is 37.7 Å². The molecule has 1 aliphatic rings. The lowest BCUT2D eigenvalue weighted by molar-refractivity contribution is 0.430. The first kappa shape index (κ1) is 13.9. The third-order valence-electron chi connectivity index (χ3n) is 4.05. The molecule has 1 N–H and O–H groups in total. The van der Waals surface area contributed by atoms with Gasteiger partial charge in [-0.1, -0.05) is 56.3 Å². The van der Waals surface area contributed by atoms with E-state index in [-0.39, 0.29) is 0 Å². The van der Waals surface area contributed by atoms with Crippen LogP contribution in [0.2, 0.25) is 5.02 Å². The molecule has 0 heterocycles. The van der Waals surface area contributed by atoms with E-state index in [9.17, 15) is 0 Å². The number of halogens is 1. The van der Waals surface area contributed by atoms with Crippen molar-refractivity contribution in [2.45, 2.75) is 44.9 Å². The van der Waals surface area contributed by atoms with Crippen molar-refractivity contribution in [1.82, 2.24) is 5.32 Å². The Labute approximate surface area is 116 Å². The van der Waals surface area contributed by atoms with Gasteiger partial charge in [-0.3, -0.25) is 0 Å². The number of benzene rings is 1. The number of nitrogens with one attached hydrogen (secondary N) is 1. The molecule has 0 amide bonds. The Bertz CT molecular complexity index is 358. The van der Waals surface area contributed by atoms with Crippen LogP contribution in [0, 0.1) is 5.92 Å². The molecule has 1 atom stereocenters. The Morgan fingerprint density at radius 1 is 1.33 bits per heavy atom. The van der Waals surface area contributed by atoms with Gasteiger partial charge in [-0.25, -0.2) is 0 Å². The van der Waals surface area contributed by atoms with Crippen molar-refractivity contribution >= 4 is 11.6 Å². The quantitative estimate of drug-likeness (QED) is 0.792. The average Bonchev–Trinajstić information content (AvgIpc) is 2.87. The zero-order valence-corrected chi connectivity index (χ0v) is 12.0. The van der Waals surface area contributed by atoms with Gasteiger partial charge in [0.15, 0.2) is 0 Å². The van der Waals surface area contributed by atoms with Crippen LogP contribution in [0.15, 0.2) is 24.3 Å². The van der Waals surface area contributed by atoms with Gasteiger partial charge in [0.1, 0.15) is 0 Å². The maximum atomic E-state index is 6.12. The van der Waals surface area contributed by atoms with Crippen molar-refractivity contribution in [2.75, 3.05) is 13.1 Å². The Balaban J connectivity index is 2.03. The summed E-state index contributed by atoms with van der Waals surface area (Å²) in [5.74, 6) is 1.54. The minimum absolute atomic E-state index is 0.617. The highest BCUT2D eigenvalue weighted by atomic mass is 35.5. The van der Waals surface area contributed by atoms with Crippen molar-refractivity contribution in [2.24, 2.45) is 5.92 Å². The molecule has 0 radical (unpaired) electrons. The standard InChI is InChI=1S/C16H24ClN/c1-2-18-12-15(10-13-6-3-4-7-13)14-8-5-9-16(17)11-14/h5,8-9,11,13,15,18H,2-4,6-7,10,12H2,1H3. The van der Waals surface area contributed by atoms with E-state index in [4.69, 9.17) is 11.6 Å². The molecular formula is C16H24ClN. The maximum Gasteiger partial charge on any atom is 0.0408 e. The second-order valence-corrected chi connectivity index (χ2v) is 5.88. The van der Waals surface area contributed by atoms with Crippen LogP contribution in [-0.2, 0) is 0 Å². The average molecular weight is 266 g/mol. The fraction of sp³-hybridized carbons (Fsp3) is 0.625. The summed E-state index contributed by atoms with van der Waals surface area (Å²) in [6, 6.07) is 8.40. The van der Waals surface area contributed by atoms with Gasteiger partial charge in [-0.05, 0) is 42.5 Å². The van der Waals surface area contributed by atoms with Crippen LogP contribution >= 0.6 is 11.6 Å². The van der Waals surface area contributed by atoms with Crippen LogP contribution in [0.25, 0.3) is 0 Å². The summed E-state index contributed by atoms with van der Waals surface area (Å²) >= 11 is 6.12. The fourth-order valence-corrected chi connectivity index (χ4v) is 3.26. The van der Waals surface area contributed by atoms with Gasteiger partial charge in [-0.15, -0.1) is 0 Å². The number of hydrogen-bond donors (Lipinski definition) is 1. The Hall–Kier alpha value is -0.530. The molecule has 2 heteroatoms. The van der Waals surface area contributed by atoms with Gasteiger partial charge in [0.2, 0.25) is 0 Å². The zero-order chi connectivity index (χ0) is 12.8. The lowest BCUT2D eigenvalue weighted by atomic mass is 9.88. The molecule has 1 unspecified atom stereocenters. The molecule has 0 bridgehead atoms. The molecule has 0 spiro atoms. The Kier molecular flexibility index (Phi) is 5.52. The van der Waals surface area contributed by atoms with Crippen molar-refractivity contribution in [1.29, 1.82) is 0 Å². The van der Waals surface area contributed by atoms with E-state index >= 15 is 0 Å². The third kappa shape index (κ3) is 4.00.